The predicted octanol–water partition coefficient (Wildman–Crippen LogP) is 1.03. The van der Waals surface area contributed by atoms with Crippen molar-refractivity contribution in [2.45, 2.75) is 32.4 Å². The van der Waals surface area contributed by atoms with E-state index in [1.54, 1.807) is 26.2 Å². The zero-order valence-electron chi connectivity index (χ0n) is 13.5. The number of nitrogens with zero attached hydrogens (tertiary/aromatic N) is 1. The molecule has 1 saturated heterocycles. The van der Waals surface area contributed by atoms with Gasteiger partial charge in [-0.05, 0) is 31.0 Å². The summed E-state index contributed by atoms with van der Waals surface area (Å²) in [4.78, 5) is 37.0. The van der Waals surface area contributed by atoms with Gasteiger partial charge in [-0.2, -0.15) is 0 Å². The number of methoxy groups -OCH3 is 1. The molecule has 1 aromatic rings. The summed E-state index contributed by atoms with van der Waals surface area (Å²) in [6.07, 6.45) is 0.474. The number of hydrogen-bond acceptors (Lipinski definition) is 4. The average Bonchev–Trinajstić information content (AvgIpc) is 2.77. The maximum atomic E-state index is 12.2. The predicted molar refractivity (Wildman–Crippen MR) is 83.8 cm³/mol. The molecule has 1 aliphatic rings. The molecule has 0 unspecified atom stereocenters. The van der Waals surface area contributed by atoms with Crippen LogP contribution in [0.1, 0.15) is 25.8 Å². The van der Waals surface area contributed by atoms with Crippen LogP contribution < -0.4 is 15.4 Å². The lowest BCUT2D eigenvalue weighted by Gasteiger charge is -2.19. The molecule has 0 spiro atoms. The molecule has 124 valence electrons. The lowest BCUT2D eigenvalue weighted by Crippen LogP contribution is -2.44. The van der Waals surface area contributed by atoms with Crippen LogP contribution in [0.3, 0.4) is 0 Å². The summed E-state index contributed by atoms with van der Waals surface area (Å²) in [5.74, 6) is -0.0208. The quantitative estimate of drug-likeness (QED) is 0.767. The fourth-order valence-corrected chi connectivity index (χ4v) is 2.27. The third kappa shape index (κ3) is 3.61. The third-order valence-electron chi connectivity index (χ3n) is 4.00. The molecule has 1 atom stereocenters. The summed E-state index contributed by atoms with van der Waals surface area (Å²) in [5.41, 5.74) is -0.0254. The Morgan fingerprint density at radius 2 is 1.96 bits per heavy atom. The molecule has 0 saturated carbocycles. The minimum Gasteiger partial charge on any atom is -0.497 e. The van der Waals surface area contributed by atoms with Crippen molar-refractivity contribution < 1.29 is 19.1 Å². The Morgan fingerprint density at radius 3 is 2.48 bits per heavy atom. The van der Waals surface area contributed by atoms with Gasteiger partial charge in [0.25, 0.3) is 5.91 Å². The summed E-state index contributed by atoms with van der Waals surface area (Å²) in [6, 6.07) is 6.73. The summed E-state index contributed by atoms with van der Waals surface area (Å²) in [5, 5.41) is 5.31. The molecule has 0 aromatic heterocycles. The number of amides is 4. The number of carbonyl (C=O) groups excluding carboxylic acids is 3. The van der Waals surface area contributed by atoms with Gasteiger partial charge in [0.1, 0.15) is 17.8 Å². The summed E-state index contributed by atoms with van der Waals surface area (Å²) in [7, 11) is 1.58. The Hall–Kier alpha value is -2.57. The van der Waals surface area contributed by atoms with Crippen molar-refractivity contribution in [2.75, 3.05) is 13.7 Å². The Labute approximate surface area is 135 Å². The van der Waals surface area contributed by atoms with Crippen molar-refractivity contribution in [2.24, 2.45) is 0 Å². The number of rotatable bonds is 6. The lowest BCUT2D eigenvalue weighted by atomic mass is 9.99. The van der Waals surface area contributed by atoms with Crippen LogP contribution in [0.2, 0.25) is 0 Å². The van der Waals surface area contributed by atoms with Crippen molar-refractivity contribution >= 4 is 17.8 Å². The maximum Gasteiger partial charge on any atom is 0.325 e. The van der Waals surface area contributed by atoms with Crippen LogP contribution in [-0.2, 0) is 16.1 Å². The molecular weight excluding hydrogens is 298 g/mol. The van der Waals surface area contributed by atoms with Crippen molar-refractivity contribution in [3.63, 3.8) is 0 Å². The number of benzene rings is 1. The lowest BCUT2D eigenvalue weighted by molar-refractivity contribution is -0.134. The summed E-state index contributed by atoms with van der Waals surface area (Å²) < 4.78 is 5.06. The fourth-order valence-electron chi connectivity index (χ4n) is 2.27. The zero-order valence-corrected chi connectivity index (χ0v) is 13.5. The van der Waals surface area contributed by atoms with Crippen LogP contribution in [0.5, 0.6) is 5.75 Å². The van der Waals surface area contributed by atoms with Crippen molar-refractivity contribution in [3.8, 4) is 5.75 Å². The van der Waals surface area contributed by atoms with Gasteiger partial charge in [-0.15, -0.1) is 0 Å². The van der Waals surface area contributed by atoms with Crippen LogP contribution >= 0.6 is 0 Å². The second-order valence-corrected chi connectivity index (χ2v) is 5.63. The van der Waals surface area contributed by atoms with Gasteiger partial charge in [0.05, 0.1) is 7.11 Å². The first-order valence-electron chi connectivity index (χ1n) is 7.43. The highest BCUT2D eigenvalue weighted by Crippen LogP contribution is 2.20. The molecule has 0 bridgehead atoms. The molecule has 0 radical (unpaired) electrons. The van der Waals surface area contributed by atoms with Gasteiger partial charge in [0.2, 0.25) is 5.91 Å². The Bertz CT molecular complexity index is 614. The van der Waals surface area contributed by atoms with Gasteiger partial charge < -0.3 is 15.4 Å². The molecule has 1 fully saturated rings. The van der Waals surface area contributed by atoms with Crippen molar-refractivity contribution in [1.82, 2.24) is 15.5 Å². The minimum atomic E-state index is -0.923. The number of ether oxygens (including phenoxy) is 1. The summed E-state index contributed by atoms with van der Waals surface area (Å²) >= 11 is 0. The van der Waals surface area contributed by atoms with E-state index in [0.717, 1.165) is 16.2 Å². The van der Waals surface area contributed by atoms with Gasteiger partial charge in [-0.3, -0.25) is 14.5 Å². The molecule has 2 N–H and O–H groups in total. The molecule has 1 aromatic carbocycles. The van der Waals surface area contributed by atoms with E-state index in [-0.39, 0.29) is 18.4 Å². The topological polar surface area (TPSA) is 87.7 Å². The largest absolute Gasteiger partial charge is 0.497 e. The van der Waals surface area contributed by atoms with E-state index in [1.807, 2.05) is 19.1 Å². The monoisotopic (exact) mass is 319 g/mol. The first-order valence-corrected chi connectivity index (χ1v) is 7.43. The van der Waals surface area contributed by atoms with E-state index in [9.17, 15) is 14.4 Å². The normalized spacial score (nSPS) is 20.4. The van der Waals surface area contributed by atoms with Gasteiger partial charge in [0.15, 0.2) is 0 Å². The zero-order chi connectivity index (χ0) is 17.0. The summed E-state index contributed by atoms with van der Waals surface area (Å²) in [6.45, 7) is 3.50. The van der Waals surface area contributed by atoms with Crippen LogP contribution in [0, 0.1) is 0 Å². The molecule has 4 amide bonds. The van der Waals surface area contributed by atoms with Crippen molar-refractivity contribution in [3.05, 3.63) is 29.8 Å². The molecule has 2 rings (SSSR count). The first kappa shape index (κ1) is 16.8. The van der Waals surface area contributed by atoms with E-state index in [4.69, 9.17) is 4.74 Å². The molecule has 7 nitrogen and oxygen atoms in total. The van der Waals surface area contributed by atoms with E-state index < -0.39 is 11.6 Å². The number of urea groups is 1. The van der Waals surface area contributed by atoms with Gasteiger partial charge in [0, 0.05) is 6.54 Å². The van der Waals surface area contributed by atoms with E-state index in [2.05, 4.69) is 10.6 Å². The van der Waals surface area contributed by atoms with E-state index in [0.29, 0.717) is 13.0 Å². The van der Waals surface area contributed by atoms with Gasteiger partial charge in [-0.25, -0.2) is 4.79 Å². The highest BCUT2D eigenvalue weighted by atomic mass is 16.5. The second kappa shape index (κ2) is 6.68. The molecule has 0 aliphatic carbocycles. The molecule has 23 heavy (non-hydrogen) atoms. The number of carbonyl (C=O) groups is 3. The van der Waals surface area contributed by atoms with E-state index >= 15 is 0 Å². The van der Waals surface area contributed by atoms with Crippen LogP contribution in [0.4, 0.5) is 4.79 Å². The maximum absolute atomic E-state index is 12.2. The highest BCUT2D eigenvalue weighted by Gasteiger charge is 2.46. The third-order valence-corrected chi connectivity index (χ3v) is 4.00. The van der Waals surface area contributed by atoms with Gasteiger partial charge >= 0.3 is 6.03 Å². The first-order chi connectivity index (χ1) is 10.9. The van der Waals surface area contributed by atoms with Crippen LogP contribution in [0.25, 0.3) is 0 Å². The van der Waals surface area contributed by atoms with Crippen molar-refractivity contribution in [1.29, 1.82) is 0 Å². The Kier molecular flexibility index (Phi) is 4.88. The molecular formula is C16H21N3O4. The molecule has 1 aliphatic heterocycles. The Morgan fingerprint density at radius 1 is 1.30 bits per heavy atom. The SMILES string of the molecule is CC[C@@]1(C)NC(=O)N(CC(=O)NCc2ccc(OC)cc2)C1=O. The smallest absolute Gasteiger partial charge is 0.325 e. The molecule has 7 heteroatoms. The van der Waals surface area contributed by atoms with E-state index in [1.165, 1.54) is 0 Å². The fraction of sp³-hybridized carbons (Fsp3) is 0.438. The number of nitrogens with one attached hydrogen (secondary N) is 2. The van der Waals surface area contributed by atoms with Crippen LogP contribution in [0.15, 0.2) is 24.3 Å². The second-order valence-electron chi connectivity index (χ2n) is 5.63. The minimum absolute atomic E-state index is 0.281. The van der Waals surface area contributed by atoms with Gasteiger partial charge in [-0.1, -0.05) is 19.1 Å². The average molecular weight is 319 g/mol. The standard InChI is InChI=1S/C16H21N3O4/c1-4-16(2)14(21)19(15(22)18-16)10-13(20)17-9-11-5-7-12(23-3)8-6-11/h5-8H,4,9-10H2,1-3H3,(H,17,20)(H,18,22)/t16-/m1/s1. The highest BCUT2D eigenvalue weighted by molar-refractivity contribution is 6.08. The van der Waals surface area contributed by atoms with Crippen LogP contribution in [-0.4, -0.2) is 41.9 Å². The Balaban J connectivity index is 1.89. The molecule has 1 heterocycles. The number of hydrogen-bond donors (Lipinski definition) is 2. The number of imide groups is 1.